The second kappa shape index (κ2) is 14.2. The molecule has 0 unspecified atom stereocenters. The van der Waals surface area contributed by atoms with Crippen molar-refractivity contribution in [1.82, 2.24) is 10.2 Å². The maximum absolute atomic E-state index is 13.5. The van der Waals surface area contributed by atoms with E-state index in [0.717, 1.165) is 12.7 Å². The molecule has 2 rings (SSSR count). The topological polar surface area (TPSA) is 86.8 Å². The van der Waals surface area contributed by atoms with Gasteiger partial charge in [0.2, 0.25) is 21.8 Å². The van der Waals surface area contributed by atoms with Crippen LogP contribution in [0, 0.1) is 0 Å². The molecule has 0 saturated carbocycles. The Hall–Kier alpha value is -2.00. The van der Waals surface area contributed by atoms with E-state index in [-0.39, 0.29) is 43.8 Å². The van der Waals surface area contributed by atoms with Gasteiger partial charge in [0.05, 0.1) is 11.9 Å². The highest BCUT2D eigenvalue weighted by atomic mass is 35.5. The molecule has 2 atom stereocenters. The summed E-state index contributed by atoms with van der Waals surface area (Å²) in [5, 5.41) is 4.24. The molecule has 204 valence electrons. The first-order valence-electron chi connectivity index (χ1n) is 12.1. The van der Waals surface area contributed by atoms with Gasteiger partial charge in [-0.25, -0.2) is 8.42 Å². The van der Waals surface area contributed by atoms with E-state index < -0.39 is 16.1 Å². The average Bonchev–Trinajstić information content (AvgIpc) is 2.83. The maximum atomic E-state index is 13.5. The van der Waals surface area contributed by atoms with Crippen LogP contribution in [0.25, 0.3) is 0 Å². The quantitative estimate of drug-likeness (QED) is 0.314. The lowest BCUT2D eigenvalue weighted by atomic mass is 10.1. The van der Waals surface area contributed by atoms with Crippen molar-refractivity contribution >= 4 is 62.3 Å². The molecule has 2 amide bonds. The number of carbonyl (C=O) groups is 2. The van der Waals surface area contributed by atoms with Crippen LogP contribution in [0.2, 0.25) is 15.1 Å². The van der Waals surface area contributed by atoms with Gasteiger partial charge in [0.1, 0.15) is 6.04 Å². The van der Waals surface area contributed by atoms with Crippen LogP contribution in [0.3, 0.4) is 0 Å². The van der Waals surface area contributed by atoms with Crippen molar-refractivity contribution in [2.45, 2.75) is 65.1 Å². The minimum absolute atomic E-state index is 0.0226. The van der Waals surface area contributed by atoms with Gasteiger partial charge in [0.15, 0.2) is 0 Å². The molecular weight excluding hydrogens is 557 g/mol. The van der Waals surface area contributed by atoms with Crippen molar-refractivity contribution in [3.63, 3.8) is 0 Å². The number of hydrogen-bond acceptors (Lipinski definition) is 4. The lowest BCUT2D eigenvalue weighted by Gasteiger charge is -2.32. The number of anilines is 1. The predicted octanol–water partition coefficient (Wildman–Crippen LogP) is 5.92. The molecule has 0 saturated heterocycles. The highest BCUT2D eigenvalue weighted by Crippen LogP contribution is 2.28. The van der Waals surface area contributed by atoms with Gasteiger partial charge in [0, 0.05) is 46.2 Å². The van der Waals surface area contributed by atoms with Gasteiger partial charge in [-0.15, -0.1) is 0 Å². The van der Waals surface area contributed by atoms with Gasteiger partial charge in [-0.3, -0.25) is 13.9 Å². The van der Waals surface area contributed by atoms with Crippen LogP contribution in [-0.4, -0.2) is 50.0 Å². The highest BCUT2D eigenvalue weighted by Gasteiger charge is 2.30. The molecule has 2 aromatic rings. The second-order valence-corrected chi connectivity index (χ2v) is 12.0. The normalized spacial score (nSPS) is 13.1. The number of benzene rings is 2. The smallest absolute Gasteiger partial charge is 0.243 e. The van der Waals surface area contributed by atoms with Crippen molar-refractivity contribution in [1.29, 1.82) is 0 Å². The molecule has 11 heteroatoms. The Morgan fingerprint density at radius 2 is 1.57 bits per heavy atom. The third-order valence-corrected chi connectivity index (χ3v) is 8.20. The lowest BCUT2D eigenvalue weighted by Crippen LogP contribution is -2.50. The molecule has 0 aromatic heterocycles. The molecule has 0 aliphatic rings. The number of nitrogens with zero attached hydrogens (tertiary/aromatic N) is 2. The minimum atomic E-state index is -3.59. The van der Waals surface area contributed by atoms with Crippen molar-refractivity contribution in [3.05, 3.63) is 63.1 Å². The lowest BCUT2D eigenvalue weighted by molar-refractivity contribution is -0.141. The number of rotatable bonds is 13. The van der Waals surface area contributed by atoms with Crippen molar-refractivity contribution in [3.8, 4) is 0 Å². The fraction of sp³-hybridized carbons (Fsp3) is 0.462. The van der Waals surface area contributed by atoms with Crippen LogP contribution < -0.4 is 9.62 Å². The zero-order valence-corrected chi connectivity index (χ0v) is 24.6. The molecule has 1 N–H and O–H groups in total. The van der Waals surface area contributed by atoms with E-state index in [0.29, 0.717) is 32.7 Å². The first-order valence-corrected chi connectivity index (χ1v) is 15.1. The minimum Gasteiger partial charge on any atom is -0.352 e. The Kier molecular flexibility index (Phi) is 12.0. The molecule has 0 radical (unpaired) electrons. The monoisotopic (exact) mass is 589 g/mol. The number of hydrogen-bond donors (Lipinski definition) is 1. The summed E-state index contributed by atoms with van der Waals surface area (Å²) in [6.07, 6.45) is 2.51. The van der Waals surface area contributed by atoms with E-state index in [9.17, 15) is 18.0 Å². The highest BCUT2D eigenvalue weighted by molar-refractivity contribution is 7.92. The summed E-state index contributed by atoms with van der Waals surface area (Å²) < 4.78 is 26.1. The molecule has 0 heterocycles. The molecule has 7 nitrogen and oxygen atoms in total. The first-order chi connectivity index (χ1) is 17.4. The predicted molar refractivity (Wildman–Crippen MR) is 152 cm³/mol. The fourth-order valence-electron chi connectivity index (χ4n) is 3.83. The molecule has 0 spiro atoms. The first kappa shape index (κ1) is 31.2. The summed E-state index contributed by atoms with van der Waals surface area (Å²) in [5.74, 6) is -0.556. The number of halogens is 3. The van der Waals surface area contributed by atoms with Crippen LogP contribution in [-0.2, 0) is 26.2 Å². The third kappa shape index (κ3) is 9.06. The Balaban J connectivity index is 2.27. The second-order valence-electron chi connectivity index (χ2n) is 8.88. The molecule has 0 bridgehead atoms. The Labute approximate surface area is 235 Å². The molecule has 37 heavy (non-hydrogen) atoms. The van der Waals surface area contributed by atoms with Crippen LogP contribution in [0.4, 0.5) is 5.69 Å². The van der Waals surface area contributed by atoms with Crippen LogP contribution in [0.1, 0.15) is 52.0 Å². The molecule has 0 aliphatic carbocycles. The summed E-state index contributed by atoms with van der Waals surface area (Å²) in [6.45, 7) is 5.84. The Morgan fingerprint density at radius 3 is 2.08 bits per heavy atom. The average molecular weight is 591 g/mol. The van der Waals surface area contributed by atoms with E-state index in [2.05, 4.69) is 5.32 Å². The zero-order chi connectivity index (χ0) is 27.8. The van der Waals surface area contributed by atoms with Crippen molar-refractivity contribution in [2.75, 3.05) is 17.1 Å². The molecule has 0 aliphatic heterocycles. The fourth-order valence-corrected chi connectivity index (χ4v) is 5.43. The van der Waals surface area contributed by atoms with Crippen LogP contribution in [0.15, 0.2) is 42.5 Å². The van der Waals surface area contributed by atoms with E-state index in [1.165, 1.54) is 9.21 Å². The van der Waals surface area contributed by atoms with E-state index in [4.69, 9.17) is 34.8 Å². The van der Waals surface area contributed by atoms with Gasteiger partial charge in [0.25, 0.3) is 0 Å². The summed E-state index contributed by atoms with van der Waals surface area (Å²) in [7, 11) is -3.59. The van der Waals surface area contributed by atoms with Gasteiger partial charge in [-0.05, 0) is 62.6 Å². The summed E-state index contributed by atoms with van der Waals surface area (Å²) in [6, 6.07) is 10.7. The van der Waals surface area contributed by atoms with E-state index in [1.54, 1.807) is 42.5 Å². The number of sulfonamides is 1. The Bertz CT molecular complexity index is 1160. The van der Waals surface area contributed by atoms with E-state index >= 15 is 0 Å². The number of carbonyl (C=O) groups excluding carboxylic acids is 2. The summed E-state index contributed by atoms with van der Waals surface area (Å²) >= 11 is 18.7. The van der Waals surface area contributed by atoms with Crippen molar-refractivity contribution in [2.24, 2.45) is 0 Å². The van der Waals surface area contributed by atoms with Crippen LogP contribution in [0.5, 0.6) is 0 Å². The van der Waals surface area contributed by atoms with Gasteiger partial charge in [-0.1, -0.05) is 54.7 Å². The van der Waals surface area contributed by atoms with Gasteiger partial charge in [-0.2, -0.15) is 0 Å². The molecule has 2 aromatic carbocycles. The summed E-state index contributed by atoms with van der Waals surface area (Å²) in [5.41, 5.74) is 1.01. The number of amides is 2. The third-order valence-electron chi connectivity index (χ3n) is 6.04. The zero-order valence-electron chi connectivity index (χ0n) is 21.5. The molecular formula is C26H34Cl3N3O4S. The van der Waals surface area contributed by atoms with Gasteiger partial charge < -0.3 is 10.2 Å². The van der Waals surface area contributed by atoms with Crippen molar-refractivity contribution < 1.29 is 18.0 Å². The standard InChI is InChI=1S/C26H34Cl3N3O4S/c1-5-18(3)30-26(34)24(6-2)31(17-21-22(28)9-7-10-23(21)29)25(33)11-8-16-32(37(4,35)36)20-14-12-19(27)13-15-20/h7,9-10,12-15,18,24H,5-6,8,11,16-17H2,1-4H3,(H,30,34)/t18-,24-/m1/s1. The van der Waals surface area contributed by atoms with E-state index in [1.807, 2.05) is 20.8 Å². The molecule has 0 fully saturated rings. The SMILES string of the molecule is CC[C@@H](C)NC(=O)[C@@H](CC)N(Cc1c(Cl)cccc1Cl)C(=O)CCCN(c1ccc(Cl)cc1)S(C)(=O)=O. The summed E-state index contributed by atoms with van der Waals surface area (Å²) in [4.78, 5) is 28.1. The van der Waals surface area contributed by atoms with Crippen LogP contribution >= 0.6 is 34.8 Å². The van der Waals surface area contributed by atoms with Gasteiger partial charge >= 0.3 is 0 Å². The number of nitrogens with one attached hydrogen (secondary N) is 1. The Morgan fingerprint density at radius 1 is 0.973 bits per heavy atom. The maximum Gasteiger partial charge on any atom is 0.243 e. The largest absolute Gasteiger partial charge is 0.352 e.